The normalized spacial score (nSPS) is 32.0. The maximum Gasteiger partial charge on any atom is 0.303 e. The Labute approximate surface area is 265 Å². The molecular weight excluding hydrogens is 622 g/mol. The minimum absolute atomic E-state index is 0.00470. The molecule has 0 radical (unpaired) electrons. The van der Waals surface area contributed by atoms with Gasteiger partial charge in [-0.2, -0.15) is 0 Å². The summed E-state index contributed by atoms with van der Waals surface area (Å²) < 4.78 is 43.7. The Bertz CT molecular complexity index is 991. The number of hydrogen-bond acceptors (Lipinski definition) is 17. The van der Waals surface area contributed by atoms with Crippen LogP contribution in [0.5, 0.6) is 0 Å². The Morgan fingerprint density at radius 2 is 1.46 bits per heavy atom. The van der Waals surface area contributed by atoms with Crippen molar-refractivity contribution in [3.05, 3.63) is 11.6 Å². The first-order chi connectivity index (χ1) is 22.1. The van der Waals surface area contributed by atoms with E-state index in [2.05, 4.69) is 16.0 Å². The van der Waals surface area contributed by atoms with Crippen molar-refractivity contribution in [3.63, 3.8) is 0 Å². The number of amides is 2. The van der Waals surface area contributed by atoms with Gasteiger partial charge in [-0.05, 0) is 0 Å². The van der Waals surface area contributed by atoms with E-state index in [9.17, 15) is 40.2 Å². The Morgan fingerprint density at radius 3 is 2.04 bits per heavy atom. The van der Waals surface area contributed by atoms with E-state index in [1.165, 1.54) is 13.8 Å². The SMILES string of the molecule is CC(=O)NC1=C(OCCOCCOCNCOCCOCCO[C@@H]2OC(CO)[C@]3(O)C(O)C3C2NC(C)=O)OC(CO)[C@H](O)C1O. The number of ether oxygens (including phenoxy) is 8. The van der Waals surface area contributed by atoms with Crippen LogP contribution >= 0.6 is 0 Å². The molecule has 1 saturated carbocycles. The van der Waals surface area contributed by atoms with E-state index in [1.54, 1.807) is 0 Å². The summed E-state index contributed by atoms with van der Waals surface area (Å²) in [6, 6.07) is -0.781. The predicted molar refractivity (Wildman–Crippen MR) is 151 cm³/mol. The van der Waals surface area contributed by atoms with E-state index in [4.69, 9.17) is 37.9 Å². The molecule has 19 heteroatoms. The Kier molecular flexibility index (Phi) is 15.7. The molecule has 1 aliphatic carbocycles. The number of nitrogens with one attached hydrogen (secondary N) is 3. The van der Waals surface area contributed by atoms with Gasteiger partial charge in [-0.25, -0.2) is 0 Å². The summed E-state index contributed by atoms with van der Waals surface area (Å²) in [5.41, 5.74) is -1.77. The van der Waals surface area contributed by atoms with Crippen LogP contribution in [0.1, 0.15) is 13.8 Å². The molecule has 0 bridgehead atoms. The molecule has 2 fully saturated rings. The molecule has 46 heavy (non-hydrogen) atoms. The Morgan fingerprint density at radius 1 is 0.848 bits per heavy atom. The maximum absolute atomic E-state index is 11.6. The third kappa shape index (κ3) is 10.4. The molecule has 2 amide bonds. The van der Waals surface area contributed by atoms with Crippen molar-refractivity contribution in [1.29, 1.82) is 0 Å². The molecule has 6 unspecified atom stereocenters. The van der Waals surface area contributed by atoms with Gasteiger partial charge < -0.3 is 79.2 Å². The number of aliphatic hydroxyl groups is 6. The summed E-state index contributed by atoms with van der Waals surface area (Å²) in [5.74, 6) is -1.80. The van der Waals surface area contributed by atoms with Gasteiger partial charge in [0.15, 0.2) is 12.4 Å². The van der Waals surface area contributed by atoms with Crippen LogP contribution in [0.15, 0.2) is 11.6 Å². The summed E-state index contributed by atoms with van der Waals surface area (Å²) in [5, 5.41) is 67.6. The van der Waals surface area contributed by atoms with Gasteiger partial charge >= 0.3 is 5.95 Å². The van der Waals surface area contributed by atoms with Crippen LogP contribution in [0.25, 0.3) is 0 Å². The lowest BCUT2D eigenvalue weighted by molar-refractivity contribution is -0.249. The molecule has 2 aliphatic heterocycles. The van der Waals surface area contributed by atoms with Crippen molar-refractivity contribution in [1.82, 2.24) is 16.0 Å². The lowest BCUT2D eigenvalue weighted by Gasteiger charge is -2.37. The van der Waals surface area contributed by atoms with Crippen molar-refractivity contribution in [3.8, 4) is 0 Å². The van der Waals surface area contributed by atoms with Gasteiger partial charge in [0, 0.05) is 19.8 Å². The molecule has 9 N–H and O–H groups in total. The molecule has 0 spiro atoms. The van der Waals surface area contributed by atoms with Crippen LogP contribution in [0.2, 0.25) is 0 Å². The first kappa shape index (κ1) is 38.2. The molecule has 19 nitrogen and oxygen atoms in total. The zero-order valence-corrected chi connectivity index (χ0v) is 25.9. The number of carbonyl (C=O) groups is 2. The van der Waals surface area contributed by atoms with Gasteiger partial charge in [-0.1, -0.05) is 0 Å². The predicted octanol–water partition coefficient (Wildman–Crippen LogP) is -5.05. The summed E-state index contributed by atoms with van der Waals surface area (Å²) in [4.78, 5) is 23.0. The van der Waals surface area contributed by atoms with Gasteiger partial charge in [0.1, 0.15) is 36.2 Å². The third-order valence-corrected chi connectivity index (χ3v) is 7.36. The highest BCUT2D eigenvalue weighted by molar-refractivity contribution is 5.75. The van der Waals surface area contributed by atoms with E-state index in [0.717, 1.165) is 0 Å². The molecule has 266 valence electrons. The zero-order valence-electron chi connectivity index (χ0n) is 25.9. The van der Waals surface area contributed by atoms with E-state index >= 15 is 0 Å². The second-order valence-electron chi connectivity index (χ2n) is 10.7. The summed E-state index contributed by atoms with van der Waals surface area (Å²) >= 11 is 0. The molecule has 0 aromatic heterocycles. The summed E-state index contributed by atoms with van der Waals surface area (Å²) in [6.45, 7) is 3.37. The van der Waals surface area contributed by atoms with Crippen molar-refractivity contribution >= 4 is 11.8 Å². The number of fused-ring (bicyclic) bond motifs is 1. The van der Waals surface area contributed by atoms with Gasteiger partial charge in [0.2, 0.25) is 11.8 Å². The fourth-order valence-electron chi connectivity index (χ4n) is 5.06. The maximum atomic E-state index is 11.6. The van der Waals surface area contributed by atoms with Crippen molar-refractivity contribution in [2.75, 3.05) is 79.5 Å². The fraction of sp³-hybridized carbons (Fsp3) is 0.852. The second-order valence-corrected chi connectivity index (χ2v) is 10.7. The topological polar surface area (TPSA) is 265 Å². The van der Waals surface area contributed by atoms with Crippen LogP contribution in [0, 0.1) is 5.92 Å². The molecule has 1 saturated heterocycles. The number of aliphatic hydroxyl groups excluding tert-OH is 5. The standard InChI is InChI=1S/C27H47N3O16/c1-15(33)29-20-19-24(37)27(19,38)18(12-32)46-25(20)43-9-7-39-3-5-41-13-28-14-42-6-4-40-8-10-44-26-21(30-16(2)34)23(36)22(35)17(11-31)45-26/h17-20,22-25,28,31-32,35-38H,3-14H2,1-2H3,(H,29,33)(H,30,34)/t17?,18?,19?,20?,22-,23?,24?,25+,27+/m0/s1. The van der Waals surface area contributed by atoms with Crippen LogP contribution in [0.3, 0.4) is 0 Å². The van der Waals surface area contributed by atoms with Gasteiger partial charge in [0.05, 0.1) is 85.1 Å². The highest BCUT2D eigenvalue weighted by atomic mass is 16.7. The Balaban J connectivity index is 1.15. The first-order valence-corrected chi connectivity index (χ1v) is 14.9. The average Bonchev–Trinajstić information content (AvgIpc) is 3.58. The van der Waals surface area contributed by atoms with Crippen LogP contribution in [0.4, 0.5) is 0 Å². The minimum Gasteiger partial charge on any atom is -0.462 e. The molecule has 0 aromatic carbocycles. The van der Waals surface area contributed by atoms with E-state index < -0.39 is 73.5 Å². The van der Waals surface area contributed by atoms with E-state index in [0.29, 0.717) is 0 Å². The first-order valence-electron chi connectivity index (χ1n) is 14.9. The fourth-order valence-corrected chi connectivity index (χ4v) is 5.06. The van der Waals surface area contributed by atoms with Crippen LogP contribution < -0.4 is 16.0 Å². The van der Waals surface area contributed by atoms with Gasteiger partial charge in [-0.3, -0.25) is 14.9 Å². The van der Waals surface area contributed by atoms with Crippen molar-refractivity contribution in [2.24, 2.45) is 5.92 Å². The lowest BCUT2D eigenvalue weighted by Crippen LogP contribution is -2.57. The molecular formula is C27H47N3O16. The van der Waals surface area contributed by atoms with Crippen LogP contribution in [-0.2, 0) is 47.5 Å². The quantitative estimate of drug-likeness (QED) is 0.0386. The minimum atomic E-state index is -1.63. The van der Waals surface area contributed by atoms with E-state index in [-0.39, 0.29) is 83.9 Å². The van der Waals surface area contributed by atoms with Gasteiger partial charge in [-0.15, -0.1) is 0 Å². The number of carbonyl (C=O) groups excluding carboxylic acids is 2. The molecule has 3 aliphatic rings. The summed E-state index contributed by atoms with van der Waals surface area (Å²) in [7, 11) is 0. The van der Waals surface area contributed by atoms with Crippen molar-refractivity contribution < 1.29 is 78.1 Å². The van der Waals surface area contributed by atoms with Gasteiger partial charge in [0.25, 0.3) is 0 Å². The largest absolute Gasteiger partial charge is 0.462 e. The zero-order chi connectivity index (χ0) is 33.7. The highest BCUT2D eigenvalue weighted by Crippen LogP contribution is 2.54. The summed E-state index contributed by atoms with van der Waals surface area (Å²) in [6.07, 6.45) is -7.22. The average molecular weight is 670 g/mol. The number of hydrogen-bond donors (Lipinski definition) is 9. The highest BCUT2D eigenvalue weighted by Gasteiger charge is 2.75. The second kappa shape index (κ2) is 18.9. The molecule has 2 heterocycles. The Hall–Kier alpha value is -2.24. The third-order valence-electron chi connectivity index (χ3n) is 7.36. The molecule has 0 aromatic rings. The smallest absolute Gasteiger partial charge is 0.303 e. The monoisotopic (exact) mass is 669 g/mol. The molecule has 9 atom stereocenters. The van der Waals surface area contributed by atoms with Crippen molar-refractivity contribution in [2.45, 2.75) is 62.3 Å². The molecule has 3 rings (SSSR count). The lowest BCUT2D eigenvalue weighted by atomic mass is 10.0. The number of rotatable bonds is 22. The van der Waals surface area contributed by atoms with Crippen LogP contribution in [-0.4, -0.2) is 170 Å². The van der Waals surface area contributed by atoms with E-state index in [1.807, 2.05) is 0 Å².